The highest BCUT2D eigenvalue weighted by atomic mass is 32.2. The molecule has 0 atom stereocenters. The fourth-order valence-electron chi connectivity index (χ4n) is 2.69. The standard InChI is InChI=1S/C21H20N2O4S/c1-3-4-13-5-7-14(8-6-13)11-18-19(25)23-21(28-18)22-15-9-10-17(24)16(12-15)20(26)27-2/h5-12,24H,3-4H2,1-2H3,(H,22,23,25)/b18-11-. The Labute approximate surface area is 167 Å². The quantitative estimate of drug-likeness (QED) is 0.589. The maximum atomic E-state index is 12.2. The molecule has 2 N–H and O–H groups in total. The smallest absolute Gasteiger partial charge is 0.341 e. The topological polar surface area (TPSA) is 88.0 Å². The van der Waals surface area contributed by atoms with Gasteiger partial charge in [-0.1, -0.05) is 37.6 Å². The van der Waals surface area contributed by atoms with Gasteiger partial charge in [0.1, 0.15) is 11.3 Å². The number of thioether (sulfide) groups is 1. The lowest BCUT2D eigenvalue weighted by molar-refractivity contribution is -0.115. The summed E-state index contributed by atoms with van der Waals surface area (Å²) in [7, 11) is 1.24. The molecule has 0 aliphatic carbocycles. The molecule has 1 heterocycles. The maximum absolute atomic E-state index is 12.2. The number of hydrogen-bond acceptors (Lipinski definition) is 6. The highest BCUT2D eigenvalue weighted by Crippen LogP contribution is 2.30. The molecular formula is C21H20N2O4S. The van der Waals surface area contributed by atoms with Crippen LogP contribution in [0, 0.1) is 0 Å². The Kier molecular flexibility index (Phi) is 6.16. The Morgan fingerprint density at radius 2 is 2.00 bits per heavy atom. The highest BCUT2D eigenvalue weighted by Gasteiger charge is 2.24. The zero-order valence-corrected chi connectivity index (χ0v) is 16.4. The lowest BCUT2D eigenvalue weighted by Gasteiger charge is -2.03. The first kappa shape index (κ1) is 19.7. The number of hydrogen-bond donors (Lipinski definition) is 2. The third-order valence-corrected chi connectivity index (χ3v) is 4.99. The minimum Gasteiger partial charge on any atom is -0.507 e. The van der Waals surface area contributed by atoms with Gasteiger partial charge in [0.2, 0.25) is 0 Å². The van der Waals surface area contributed by atoms with Gasteiger partial charge in [0, 0.05) is 0 Å². The zero-order valence-electron chi connectivity index (χ0n) is 15.6. The summed E-state index contributed by atoms with van der Waals surface area (Å²) in [6, 6.07) is 12.4. The van der Waals surface area contributed by atoms with Crippen LogP contribution in [0.15, 0.2) is 52.4 Å². The molecule has 7 heteroatoms. The van der Waals surface area contributed by atoms with E-state index in [1.165, 1.54) is 36.6 Å². The summed E-state index contributed by atoms with van der Waals surface area (Å²) in [6.07, 6.45) is 3.94. The van der Waals surface area contributed by atoms with Crippen molar-refractivity contribution in [1.82, 2.24) is 5.32 Å². The predicted octanol–water partition coefficient (Wildman–Crippen LogP) is 4.02. The number of methoxy groups -OCH3 is 1. The normalized spacial score (nSPS) is 16.4. The predicted molar refractivity (Wildman–Crippen MR) is 111 cm³/mol. The van der Waals surface area contributed by atoms with E-state index in [-0.39, 0.29) is 17.2 Å². The Morgan fingerprint density at radius 3 is 2.68 bits per heavy atom. The Hall–Kier alpha value is -3.06. The SMILES string of the molecule is CCCc1ccc(/C=C2\SC(=Nc3ccc(O)c(C(=O)OC)c3)NC2=O)cc1. The van der Waals surface area contributed by atoms with Crippen molar-refractivity contribution < 1.29 is 19.4 Å². The molecule has 0 unspecified atom stereocenters. The van der Waals surface area contributed by atoms with Gasteiger partial charge in [0.15, 0.2) is 5.17 Å². The van der Waals surface area contributed by atoms with E-state index in [1.54, 1.807) is 6.07 Å². The van der Waals surface area contributed by atoms with Crippen molar-refractivity contribution in [2.24, 2.45) is 4.99 Å². The van der Waals surface area contributed by atoms with Gasteiger partial charge in [-0.05, 0) is 53.6 Å². The van der Waals surface area contributed by atoms with Crippen LogP contribution >= 0.6 is 11.8 Å². The van der Waals surface area contributed by atoms with Crippen LogP contribution in [0.5, 0.6) is 5.75 Å². The number of ether oxygens (including phenoxy) is 1. The third kappa shape index (κ3) is 4.61. The first-order valence-electron chi connectivity index (χ1n) is 8.80. The largest absolute Gasteiger partial charge is 0.507 e. The number of esters is 1. The van der Waals surface area contributed by atoms with Crippen LogP contribution in [0.25, 0.3) is 6.08 Å². The fraction of sp³-hybridized carbons (Fsp3) is 0.190. The molecule has 28 heavy (non-hydrogen) atoms. The van der Waals surface area contributed by atoms with Gasteiger partial charge in [-0.3, -0.25) is 4.79 Å². The van der Waals surface area contributed by atoms with Crippen LogP contribution in [0.4, 0.5) is 5.69 Å². The van der Waals surface area contributed by atoms with Gasteiger partial charge >= 0.3 is 5.97 Å². The molecule has 0 bridgehead atoms. The van der Waals surface area contributed by atoms with Crippen molar-refractivity contribution >= 4 is 40.6 Å². The van der Waals surface area contributed by atoms with Gasteiger partial charge in [-0.2, -0.15) is 0 Å². The van der Waals surface area contributed by atoms with E-state index in [0.29, 0.717) is 15.8 Å². The minimum atomic E-state index is -0.658. The molecule has 2 aromatic carbocycles. The van der Waals surface area contributed by atoms with Crippen LogP contribution in [0.2, 0.25) is 0 Å². The number of carbonyl (C=O) groups is 2. The second-order valence-corrected chi connectivity index (χ2v) is 7.20. The Morgan fingerprint density at radius 1 is 1.25 bits per heavy atom. The Bertz CT molecular complexity index is 965. The van der Waals surface area contributed by atoms with Crippen molar-refractivity contribution in [2.45, 2.75) is 19.8 Å². The molecule has 0 radical (unpaired) electrons. The molecule has 0 spiro atoms. The molecule has 1 aliphatic rings. The number of aromatic hydroxyl groups is 1. The molecule has 1 aliphatic heterocycles. The van der Waals surface area contributed by atoms with Crippen molar-refractivity contribution in [3.05, 3.63) is 64.1 Å². The second kappa shape index (κ2) is 8.75. The van der Waals surface area contributed by atoms with Gasteiger partial charge < -0.3 is 15.2 Å². The molecule has 1 amide bonds. The first-order valence-corrected chi connectivity index (χ1v) is 9.61. The molecule has 3 rings (SSSR count). The molecular weight excluding hydrogens is 376 g/mol. The molecule has 6 nitrogen and oxygen atoms in total. The van der Waals surface area contributed by atoms with Gasteiger partial charge in [-0.25, -0.2) is 9.79 Å². The summed E-state index contributed by atoms with van der Waals surface area (Å²) in [5.74, 6) is -1.07. The summed E-state index contributed by atoms with van der Waals surface area (Å²) in [5.41, 5.74) is 2.65. The number of benzene rings is 2. The molecule has 144 valence electrons. The van der Waals surface area contributed by atoms with Crippen molar-refractivity contribution in [3.63, 3.8) is 0 Å². The van der Waals surface area contributed by atoms with Crippen LogP contribution in [0.1, 0.15) is 34.8 Å². The van der Waals surface area contributed by atoms with E-state index in [4.69, 9.17) is 0 Å². The van der Waals surface area contributed by atoms with Gasteiger partial charge in [0.05, 0.1) is 17.7 Å². The lowest BCUT2D eigenvalue weighted by atomic mass is 10.1. The fourth-order valence-corrected chi connectivity index (χ4v) is 3.53. The zero-order chi connectivity index (χ0) is 20.1. The summed E-state index contributed by atoms with van der Waals surface area (Å²) < 4.78 is 4.63. The van der Waals surface area contributed by atoms with Crippen molar-refractivity contribution in [2.75, 3.05) is 7.11 Å². The minimum absolute atomic E-state index is 0.0154. The maximum Gasteiger partial charge on any atom is 0.341 e. The number of carbonyl (C=O) groups excluding carboxylic acids is 2. The number of nitrogens with one attached hydrogen (secondary N) is 1. The van der Waals surface area contributed by atoms with E-state index >= 15 is 0 Å². The molecule has 0 aromatic heterocycles. The van der Waals surface area contributed by atoms with E-state index in [2.05, 4.69) is 34.1 Å². The Balaban J connectivity index is 1.79. The van der Waals surface area contributed by atoms with Crippen LogP contribution in [0.3, 0.4) is 0 Å². The molecule has 0 saturated carbocycles. The second-order valence-electron chi connectivity index (χ2n) is 6.17. The monoisotopic (exact) mass is 396 g/mol. The number of aliphatic imine (C=N–C) groups is 1. The number of amides is 1. The van der Waals surface area contributed by atoms with E-state index in [9.17, 15) is 14.7 Å². The number of aryl methyl sites for hydroxylation is 1. The lowest BCUT2D eigenvalue weighted by Crippen LogP contribution is -2.19. The van der Waals surface area contributed by atoms with Crippen LogP contribution in [-0.2, 0) is 16.0 Å². The average molecular weight is 396 g/mol. The van der Waals surface area contributed by atoms with Crippen molar-refractivity contribution in [1.29, 1.82) is 0 Å². The molecule has 2 aromatic rings. The summed E-state index contributed by atoms with van der Waals surface area (Å²) in [6.45, 7) is 2.14. The van der Waals surface area contributed by atoms with E-state index in [0.717, 1.165) is 18.4 Å². The van der Waals surface area contributed by atoms with E-state index < -0.39 is 5.97 Å². The van der Waals surface area contributed by atoms with Gasteiger partial charge in [-0.15, -0.1) is 0 Å². The summed E-state index contributed by atoms with van der Waals surface area (Å²) in [5, 5.41) is 12.9. The number of phenolic OH excluding ortho intramolecular Hbond substituents is 1. The number of phenols is 1. The highest BCUT2D eigenvalue weighted by molar-refractivity contribution is 8.18. The van der Waals surface area contributed by atoms with Crippen LogP contribution in [-0.4, -0.2) is 29.3 Å². The molecule has 1 saturated heterocycles. The number of amidine groups is 1. The van der Waals surface area contributed by atoms with Gasteiger partial charge in [0.25, 0.3) is 5.91 Å². The number of rotatable bonds is 5. The summed E-state index contributed by atoms with van der Waals surface area (Å²) >= 11 is 1.22. The third-order valence-electron chi connectivity index (χ3n) is 4.08. The molecule has 1 fully saturated rings. The van der Waals surface area contributed by atoms with Crippen LogP contribution < -0.4 is 5.32 Å². The van der Waals surface area contributed by atoms with Crippen molar-refractivity contribution in [3.8, 4) is 5.75 Å². The average Bonchev–Trinajstić information content (AvgIpc) is 3.03. The number of nitrogens with zero attached hydrogens (tertiary/aromatic N) is 1. The van der Waals surface area contributed by atoms with E-state index in [1.807, 2.05) is 18.2 Å². The summed E-state index contributed by atoms with van der Waals surface area (Å²) in [4.78, 5) is 28.8. The first-order chi connectivity index (χ1) is 13.5.